The van der Waals surface area contributed by atoms with Gasteiger partial charge in [-0.25, -0.2) is 10.4 Å². The van der Waals surface area contributed by atoms with Crippen molar-refractivity contribution in [1.82, 2.24) is 40.1 Å². The molecule has 15 heteroatoms. The van der Waals surface area contributed by atoms with Crippen LogP contribution >= 0.6 is 0 Å². The normalized spacial score (nSPS) is 21.1. The number of methoxy groups -OCH3 is 1. The standard InChI is InChI=1S/C50H64N8O7/c1-10-41(59)56-22-19-34(28-56)47(61)55(8)43(30(3)4)46(60)53-40-24-32-15-12-16-33(23-32)35-25-37-38(26-50(6,7)29-65-49(63)39-18-14-21-58(54-39)48(40)62)44(57(11-2)45(37)52-27-35)36-17-13-20-51-42(36)31(5)64-9/h10,12-13,15-17,20,23,25,27,30-31,34,39-40,43,54H,1,11,14,18-19,21-22,24,26,28-29H2,2-9H3,(H,53,60)/t31-,34-,39-,40-,43-/m0/s1. The average Bonchev–Trinajstić information content (AvgIpc) is 3.92. The number of aromatic nitrogens is 3. The van der Waals surface area contributed by atoms with Crippen molar-refractivity contribution in [2.24, 2.45) is 17.3 Å². The third-order valence-electron chi connectivity index (χ3n) is 13.2. The second kappa shape index (κ2) is 19.7. The number of carbonyl (C=O) groups excluding carboxylic acids is 5. The molecule has 0 unspecified atom stereocenters. The van der Waals surface area contributed by atoms with Crippen molar-refractivity contribution < 1.29 is 33.4 Å². The molecule has 0 spiro atoms. The molecule has 65 heavy (non-hydrogen) atoms. The molecule has 2 N–H and O–H groups in total. The number of aryl methyl sites for hydroxylation is 1. The number of carbonyl (C=O) groups is 5. The fourth-order valence-electron chi connectivity index (χ4n) is 9.71. The van der Waals surface area contributed by atoms with Gasteiger partial charge in [0.1, 0.15) is 23.8 Å². The van der Waals surface area contributed by atoms with E-state index in [-0.39, 0.29) is 43.4 Å². The zero-order valence-corrected chi connectivity index (χ0v) is 39.1. The minimum absolute atomic E-state index is 0.116. The third kappa shape index (κ3) is 9.86. The molecule has 0 aliphatic carbocycles. The Bertz CT molecular complexity index is 2460. The highest BCUT2D eigenvalue weighted by Gasteiger charge is 2.40. The number of pyridine rings is 2. The molecule has 0 saturated carbocycles. The second-order valence-corrected chi connectivity index (χ2v) is 18.8. The summed E-state index contributed by atoms with van der Waals surface area (Å²) >= 11 is 0. The van der Waals surface area contributed by atoms with Crippen molar-refractivity contribution in [1.29, 1.82) is 0 Å². The monoisotopic (exact) mass is 888 g/mol. The van der Waals surface area contributed by atoms with Crippen LogP contribution in [0, 0.1) is 17.3 Å². The van der Waals surface area contributed by atoms with Gasteiger partial charge in [-0.3, -0.25) is 34.0 Å². The number of nitrogens with zero attached hydrogens (tertiary/aromatic N) is 6. The first-order valence-electron chi connectivity index (χ1n) is 22.9. The van der Waals surface area contributed by atoms with Gasteiger partial charge in [0.05, 0.1) is 30.0 Å². The number of likely N-dealkylation sites (tertiary alicyclic amines) is 1. The molecule has 6 heterocycles. The average molecular weight is 889 g/mol. The minimum Gasteiger partial charge on any atom is -0.464 e. The summed E-state index contributed by atoms with van der Waals surface area (Å²) in [6.45, 7) is 17.3. The summed E-state index contributed by atoms with van der Waals surface area (Å²) in [5.74, 6) is -2.61. The summed E-state index contributed by atoms with van der Waals surface area (Å²) in [6.07, 6.45) is 6.77. The minimum atomic E-state index is -1.06. The highest BCUT2D eigenvalue weighted by Crippen LogP contribution is 2.41. The molecule has 5 atom stereocenters. The Morgan fingerprint density at radius 2 is 1.86 bits per heavy atom. The number of hydrogen-bond donors (Lipinski definition) is 2. The maximum absolute atomic E-state index is 14.7. The molecular weight excluding hydrogens is 825 g/mol. The topological polar surface area (TPSA) is 168 Å². The fourth-order valence-corrected chi connectivity index (χ4v) is 9.71. The molecule has 6 bridgehead atoms. The summed E-state index contributed by atoms with van der Waals surface area (Å²) in [5.41, 5.74) is 9.79. The van der Waals surface area contributed by atoms with Crippen LogP contribution in [-0.2, 0) is 52.8 Å². The largest absolute Gasteiger partial charge is 0.464 e. The molecule has 7 rings (SSSR count). The van der Waals surface area contributed by atoms with E-state index in [9.17, 15) is 24.0 Å². The zero-order chi connectivity index (χ0) is 46.7. The van der Waals surface area contributed by atoms with E-state index in [2.05, 4.69) is 54.8 Å². The number of nitrogens with one attached hydrogen (secondary N) is 2. The predicted octanol–water partition coefficient (Wildman–Crippen LogP) is 5.66. The fraction of sp³-hybridized carbons (Fsp3) is 0.500. The summed E-state index contributed by atoms with van der Waals surface area (Å²) in [5, 5.41) is 5.44. The molecule has 15 nitrogen and oxygen atoms in total. The number of benzene rings is 1. The van der Waals surface area contributed by atoms with E-state index < -0.39 is 47.2 Å². The van der Waals surface area contributed by atoms with E-state index in [0.29, 0.717) is 45.3 Å². The van der Waals surface area contributed by atoms with Gasteiger partial charge in [0.15, 0.2) is 0 Å². The van der Waals surface area contributed by atoms with Crippen LogP contribution in [-0.4, -0.2) is 117 Å². The van der Waals surface area contributed by atoms with Gasteiger partial charge in [-0.05, 0) is 86.4 Å². The lowest BCUT2D eigenvalue weighted by Crippen LogP contribution is -2.62. The van der Waals surface area contributed by atoms with Gasteiger partial charge in [-0.15, -0.1) is 0 Å². The Labute approximate surface area is 381 Å². The first kappa shape index (κ1) is 47.0. The Morgan fingerprint density at radius 1 is 1.08 bits per heavy atom. The summed E-state index contributed by atoms with van der Waals surface area (Å²) in [7, 11) is 3.28. The quantitative estimate of drug-likeness (QED) is 0.150. The van der Waals surface area contributed by atoms with Crippen molar-refractivity contribution in [2.75, 3.05) is 40.4 Å². The number of ether oxygens (including phenoxy) is 2. The molecule has 3 aromatic heterocycles. The first-order chi connectivity index (χ1) is 31.0. The Morgan fingerprint density at radius 3 is 2.58 bits per heavy atom. The molecule has 4 amide bonds. The second-order valence-electron chi connectivity index (χ2n) is 18.8. The van der Waals surface area contributed by atoms with Gasteiger partial charge in [-0.2, -0.15) is 0 Å². The first-order valence-corrected chi connectivity index (χ1v) is 22.9. The van der Waals surface area contributed by atoms with Gasteiger partial charge in [0, 0.05) is 81.1 Å². The van der Waals surface area contributed by atoms with E-state index >= 15 is 0 Å². The van der Waals surface area contributed by atoms with Gasteiger partial charge >= 0.3 is 5.97 Å². The van der Waals surface area contributed by atoms with Crippen LogP contribution in [0.5, 0.6) is 0 Å². The Hall–Kier alpha value is -5.93. The number of fused-ring (bicyclic) bond motifs is 6. The smallest absolute Gasteiger partial charge is 0.324 e. The predicted molar refractivity (Wildman–Crippen MR) is 248 cm³/mol. The molecule has 4 aromatic rings. The van der Waals surface area contributed by atoms with Crippen molar-refractivity contribution in [2.45, 2.75) is 104 Å². The lowest BCUT2D eigenvalue weighted by Gasteiger charge is -2.37. The van der Waals surface area contributed by atoms with Crippen LogP contribution in [0.25, 0.3) is 33.4 Å². The van der Waals surface area contributed by atoms with Crippen molar-refractivity contribution in [3.63, 3.8) is 0 Å². The van der Waals surface area contributed by atoms with Gasteiger partial charge < -0.3 is 29.2 Å². The highest BCUT2D eigenvalue weighted by atomic mass is 16.5. The molecule has 0 radical (unpaired) electrons. The van der Waals surface area contributed by atoms with Gasteiger partial charge in [0.25, 0.3) is 5.91 Å². The Balaban J connectivity index is 1.29. The molecule has 2 fully saturated rings. The number of rotatable bonds is 10. The maximum atomic E-state index is 14.7. The van der Waals surface area contributed by atoms with E-state index in [0.717, 1.165) is 50.2 Å². The molecule has 1 aromatic carbocycles. The van der Waals surface area contributed by atoms with Crippen molar-refractivity contribution in [3.8, 4) is 22.4 Å². The number of hydrogen-bond acceptors (Lipinski definition) is 10. The molecular formula is C50H64N8O7. The van der Waals surface area contributed by atoms with Crippen LogP contribution in [0.4, 0.5) is 0 Å². The summed E-state index contributed by atoms with van der Waals surface area (Å²) in [6, 6.07) is 11.3. The van der Waals surface area contributed by atoms with E-state index in [1.165, 1.54) is 16.0 Å². The van der Waals surface area contributed by atoms with Crippen LogP contribution < -0.4 is 10.7 Å². The van der Waals surface area contributed by atoms with E-state index in [1.807, 2.05) is 57.3 Å². The van der Waals surface area contributed by atoms with Crippen LogP contribution in [0.3, 0.4) is 0 Å². The number of cyclic esters (lactones) is 1. The molecule has 3 aliphatic heterocycles. The molecule has 3 aliphatic rings. The lowest BCUT2D eigenvalue weighted by atomic mass is 9.84. The highest BCUT2D eigenvalue weighted by molar-refractivity contribution is 5.95. The Kier molecular flexibility index (Phi) is 14.2. The van der Waals surface area contributed by atoms with Gasteiger partial charge in [-0.1, -0.05) is 58.5 Å². The SMILES string of the molecule is C=CC(=O)N1CC[C@H](C(=O)N(C)[C@H](C(=O)N[C@H]2Cc3cccc(c3)-c3cnc4c(c3)c(c(-c3cccnc3[C@H](C)OC)n4CC)CC(C)(C)COC(=O)[C@@H]3CCCN(N3)C2=O)C(C)C)C1. The third-order valence-corrected chi connectivity index (χ3v) is 13.2. The van der Waals surface area contributed by atoms with E-state index in [1.54, 1.807) is 25.3 Å². The number of hydrazine groups is 1. The summed E-state index contributed by atoms with van der Waals surface area (Å²) < 4.78 is 14.1. The lowest BCUT2D eigenvalue weighted by molar-refractivity contribution is -0.155. The van der Waals surface area contributed by atoms with Crippen LogP contribution in [0.1, 0.15) is 83.7 Å². The van der Waals surface area contributed by atoms with Crippen molar-refractivity contribution >= 4 is 40.6 Å². The van der Waals surface area contributed by atoms with Gasteiger partial charge in [0.2, 0.25) is 17.7 Å². The van der Waals surface area contributed by atoms with Crippen molar-refractivity contribution in [3.05, 3.63) is 84.3 Å². The molecule has 2 saturated heterocycles. The number of amides is 4. The molecule has 346 valence electrons. The number of likely N-dealkylation sites (N-methyl/N-ethyl adjacent to an activating group) is 1. The summed E-state index contributed by atoms with van der Waals surface area (Å²) in [4.78, 5) is 82.2. The van der Waals surface area contributed by atoms with E-state index in [4.69, 9.17) is 19.4 Å². The zero-order valence-electron chi connectivity index (χ0n) is 39.1. The number of esters is 1. The van der Waals surface area contributed by atoms with Crippen LogP contribution in [0.15, 0.2) is 67.5 Å². The van der Waals surface area contributed by atoms with Crippen LogP contribution in [0.2, 0.25) is 0 Å². The maximum Gasteiger partial charge on any atom is 0.324 e.